The van der Waals surface area contributed by atoms with Crippen LogP contribution in [0.5, 0.6) is 0 Å². The zero-order valence-electron chi connectivity index (χ0n) is 10.4. The minimum absolute atomic E-state index is 1.02. The van der Waals surface area contributed by atoms with Crippen molar-refractivity contribution in [2.75, 3.05) is 6.26 Å². The molecule has 3 aromatic rings. The molecule has 0 atom stereocenters. The van der Waals surface area contributed by atoms with Crippen LogP contribution >= 0.6 is 11.8 Å². The number of aryl methyl sites for hydroxylation is 1. The quantitative estimate of drug-likeness (QED) is 0.642. The largest absolute Gasteiger partial charge is 0.306 e. The Morgan fingerprint density at radius 3 is 2.56 bits per heavy atom. The van der Waals surface area contributed by atoms with E-state index in [0.29, 0.717) is 0 Å². The molecular formula is C15H14N2S. The van der Waals surface area contributed by atoms with Gasteiger partial charge < -0.3 is 4.40 Å². The minimum Gasteiger partial charge on any atom is -0.306 e. The van der Waals surface area contributed by atoms with Crippen molar-refractivity contribution < 1.29 is 0 Å². The molecule has 0 radical (unpaired) electrons. The molecule has 3 heteroatoms. The predicted octanol–water partition coefficient (Wildman–Crippen LogP) is 4.03. The predicted molar refractivity (Wildman–Crippen MR) is 77.1 cm³/mol. The molecule has 0 aliphatic heterocycles. The Hall–Kier alpha value is -1.74. The van der Waals surface area contributed by atoms with E-state index < -0.39 is 0 Å². The van der Waals surface area contributed by atoms with Gasteiger partial charge in [0.05, 0.1) is 5.69 Å². The first-order valence-corrected chi connectivity index (χ1v) is 7.09. The molecule has 2 aromatic heterocycles. The van der Waals surface area contributed by atoms with Gasteiger partial charge in [-0.15, -0.1) is 11.8 Å². The fourth-order valence-corrected chi connectivity index (χ4v) is 2.46. The third-order valence-corrected chi connectivity index (χ3v) is 3.81. The maximum Gasteiger partial charge on any atom is 0.140 e. The summed E-state index contributed by atoms with van der Waals surface area (Å²) in [6, 6.07) is 12.7. The Morgan fingerprint density at radius 2 is 1.89 bits per heavy atom. The Bertz CT molecular complexity index is 683. The highest BCUT2D eigenvalue weighted by molar-refractivity contribution is 7.98. The molecule has 0 saturated heterocycles. The normalized spacial score (nSPS) is 11.0. The summed E-state index contributed by atoms with van der Waals surface area (Å²) in [5, 5.41) is 0. The molecule has 0 aliphatic carbocycles. The van der Waals surface area contributed by atoms with Crippen LogP contribution in [0.4, 0.5) is 0 Å². The summed E-state index contributed by atoms with van der Waals surface area (Å²) in [6.07, 6.45) is 6.20. The summed E-state index contributed by atoms with van der Waals surface area (Å²) in [4.78, 5) is 5.97. The molecule has 1 aromatic carbocycles. The van der Waals surface area contributed by atoms with Crippen LogP contribution in [0.15, 0.2) is 53.7 Å². The van der Waals surface area contributed by atoms with E-state index in [9.17, 15) is 0 Å². The van der Waals surface area contributed by atoms with Gasteiger partial charge >= 0.3 is 0 Å². The molecule has 0 aliphatic rings. The molecule has 0 unspecified atom stereocenters. The van der Waals surface area contributed by atoms with Crippen LogP contribution in [-0.4, -0.2) is 15.6 Å². The molecule has 0 spiro atoms. The second-order valence-electron chi connectivity index (χ2n) is 4.28. The number of benzene rings is 1. The summed E-state index contributed by atoms with van der Waals surface area (Å²) in [7, 11) is 0. The van der Waals surface area contributed by atoms with Crippen molar-refractivity contribution in [2.45, 2.75) is 11.8 Å². The molecule has 0 bridgehead atoms. The van der Waals surface area contributed by atoms with Crippen LogP contribution in [0, 0.1) is 6.92 Å². The number of thioether (sulfide) groups is 1. The van der Waals surface area contributed by atoms with Crippen LogP contribution in [-0.2, 0) is 0 Å². The topological polar surface area (TPSA) is 17.3 Å². The van der Waals surface area contributed by atoms with Crippen molar-refractivity contribution in [1.82, 2.24) is 9.38 Å². The van der Waals surface area contributed by atoms with Gasteiger partial charge in [0.2, 0.25) is 0 Å². The van der Waals surface area contributed by atoms with Gasteiger partial charge in [0, 0.05) is 22.9 Å². The second kappa shape index (κ2) is 4.50. The van der Waals surface area contributed by atoms with E-state index in [1.807, 2.05) is 12.3 Å². The van der Waals surface area contributed by atoms with Crippen LogP contribution < -0.4 is 0 Å². The molecule has 18 heavy (non-hydrogen) atoms. The number of nitrogens with zero attached hydrogens (tertiary/aromatic N) is 2. The maximum atomic E-state index is 4.69. The summed E-state index contributed by atoms with van der Waals surface area (Å²) < 4.78 is 2.08. The Labute approximate surface area is 111 Å². The van der Waals surface area contributed by atoms with E-state index >= 15 is 0 Å². The molecule has 90 valence electrons. The zero-order valence-corrected chi connectivity index (χ0v) is 11.2. The van der Waals surface area contributed by atoms with Crippen molar-refractivity contribution in [3.05, 3.63) is 54.4 Å². The third-order valence-electron chi connectivity index (χ3n) is 3.06. The highest BCUT2D eigenvalue weighted by Gasteiger charge is 2.05. The highest BCUT2D eigenvalue weighted by Crippen LogP contribution is 2.23. The number of aromatic nitrogens is 2. The van der Waals surface area contributed by atoms with Crippen molar-refractivity contribution in [3.8, 4) is 11.3 Å². The average molecular weight is 254 g/mol. The Balaban J connectivity index is 2.10. The van der Waals surface area contributed by atoms with Gasteiger partial charge in [0.1, 0.15) is 5.65 Å². The summed E-state index contributed by atoms with van der Waals surface area (Å²) in [5.41, 5.74) is 4.42. The van der Waals surface area contributed by atoms with E-state index in [2.05, 4.69) is 54.1 Å². The first-order chi connectivity index (χ1) is 8.78. The van der Waals surface area contributed by atoms with Crippen LogP contribution in [0.1, 0.15) is 5.56 Å². The average Bonchev–Trinajstić information content (AvgIpc) is 2.84. The second-order valence-corrected chi connectivity index (χ2v) is 5.16. The fraction of sp³-hybridized carbons (Fsp3) is 0.133. The standard InChI is InChI=1S/C15H14N2S/c1-11-4-3-9-17-10-14(16-15(11)17)12-5-7-13(18-2)8-6-12/h3-10H,1-2H3. The number of fused-ring (bicyclic) bond motifs is 1. The molecule has 0 fully saturated rings. The van der Waals surface area contributed by atoms with Gasteiger partial charge in [-0.1, -0.05) is 18.2 Å². The first kappa shape index (κ1) is 11.4. The van der Waals surface area contributed by atoms with E-state index in [1.165, 1.54) is 10.5 Å². The molecule has 2 heterocycles. The molecule has 0 saturated carbocycles. The van der Waals surface area contributed by atoms with E-state index in [-0.39, 0.29) is 0 Å². The zero-order chi connectivity index (χ0) is 12.5. The fourth-order valence-electron chi connectivity index (χ4n) is 2.05. The van der Waals surface area contributed by atoms with Crippen molar-refractivity contribution in [3.63, 3.8) is 0 Å². The molecule has 3 rings (SSSR count). The van der Waals surface area contributed by atoms with Gasteiger partial charge in [0.15, 0.2) is 0 Å². The monoisotopic (exact) mass is 254 g/mol. The number of hydrogen-bond acceptors (Lipinski definition) is 2. The molecule has 2 nitrogen and oxygen atoms in total. The maximum absolute atomic E-state index is 4.69. The summed E-state index contributed by atoms with van der Waals surface area (Å²) in [5.74, 6) is 0. The number of pyridine rings is 1. The Morgan fingerprint density at radius 1 is 1.11 bits per heavy atom. The molecular weight excluding hydrogens is 240 g/mol. The number of hydrogen-bond donors (Lipinski definition) is 0. The summed E-state index contributed by atoms with van der Waals surface area (Å²) >= 11 is 1.75. The Kier molecular flexibility index (Phi) is 2.84. The summed E-state index contributed by atoms with van der Waals surface area (Å²) in [6.45, 7) is 2.09. The van der Waals surface area contributed by atoms with E-state index in [4.69, 9.17) is 4.98 Å². The number of imidazole rings is 1. The van der Waals surface area contributed by atoms with Crippen molar-refractivity contribution >= 4 is 17.4 Å². The highest BCUT2D eigenvalue weighted by atomic mass is 32.2. The lowest BCUT2D eigenvalue weighted by Crippen LogP contribution is -1.83. The van der Waals surface area contributed by atoms with Crippen molar-refractivity contribution in [1.29, 1.82) is 0 Å². The van der Waals surface area contributed by atoms with Crippen LogP contribution in [0.3, 0.4) is 0 Å². The van der Waals surface area contributed by atoms with E-state index in [1.54, 1.807) is 11.8 Å². The van der Waals surface area contributed by atoms with Crippen molar-refractivity contribution in [2.24, 2.45) is 0 Å². The van der Waals surface area contributed by atoms with Crippen LogP contribution in [0.25, 0.3) is 16.9 Å². The smallest absolute Gasteiger partial charge is 0.140 e. The van der Waals surface area contributed by atoms with Gasteiger partial charge in [-0.2, -0.15) is 0 Å². The minimum atomic E-state index is 1.02. The van der Waals surface area contributed by atoms with Gasteiger partial charge in [-0.05, 0) is 36.9 Å². The van der Waals surface area contributed by atoms with E-state index in [0.717, 1.165) is 16.9 Å². The third kappa shape index (κ3) is 1.91. The van der Waals surface area contributed by atoms with Crippen LogP contribution in [0.2, 0.25) is 0 Å². The van der Waals surface area contributed by atoms with Gasteiger partial charge in [0.25, 0.3) is 0 Å². The molecule has 0 amide bonds. The number of rotatable bonds is 2. The van der Waals surface area contributed by atoms with Gasteiger partial charge in [-0.25, -0.2) is 4.98 Å². The lowest BCUT2D eigenvalue weighted by molar-refractivity contribution is 1.16. The SMILES string of the molecule is CSc1ccc(-c2cn3cccc(C)c3n2)cc1. The lowest BCUT2D eigenvalue weighted by Gasteiger charge is -1.98. The van der Waals surface area contributed by atoms with Gasteiger partial charge in [-0.3, -0.25) is 0 Å². The lowest BCUT2D eigenvalue weighted by atomic mass is 10.2. The first-order valence-electron chi connectivity index (χ1n) is 5.86. The molecule has 0 N–H and O–H groups in total.